The Labute approximate surface area is 83.2 Å². The standard InChI is InChI=1S/C10H12N2S/c1-12(8-11)7-9-3-5-10(13-2)6-4-9/h3-6H,7H2,1-2H3. The molecule has 0 aliphatic heterocycles. The van der Waals surface area contributed by atoms with E-state index in [1.165, 1.54) is 10.5 Å². The molecule has 1 rings (SSSR count). The second-order valence-corrected chi connectivity index (χ2v) is 3.68. The number of thioether (sulfide) groups is 1. The van der Waals surface area contributed by atoms with Crippen LogP contribution in [0.1, 0.15) is 5.56 Å². The minimum Gasteiger partial charge on any atom is -0.309 e. The second kappa shape index (κ2) is 4.78. The highest BCUT2D eigenvalue weighted by Crippen LogP contribution is 2.15. The highest BCUT2D eigenvalue weighted by atomic mass is 32.2. The maximum Gasteiger partial charge on any atom is 0.179 e. The van der Waals surface area contributed by atoms with E-state index in [0.29, 0.717) is 6.54 Å². The van der Waals surface area contributed by atoms with Crippen molar-refractivity contribution in [2.24, 2.45) is 0 Å². The lowest BCUT2D eigenvalue weighted by Crippen LogP contribution is -2.09. The minimum atomic E-state index is 0.686. The largest absolute Gasteiger partial charge is 0.309 e. The van der Waals surface area contributed by atoms with Crippen LogP contribution in [-0.2, 0) is 6.54 Å². The molecular formula is C10H12N2S. The highest BCUT2D eigenvalue weighted by molar-refractivity contribution is 7.98. The fourth-order valence-corrected chi connectivity index (χ4v) is 1.45. The Morgan fingerprint density at radius 1 is 1.38 bits per heavy atom. The van der Waals surface area contributed by atoms with Crippen LogP contribution in [0.4, 0.5) is 0 Å². The SMILES string of the molecule is CSc1ccc(CN(C)C#N)cc1. The Morgan fingerprint density at radius 3 is 2.46 bits per heavy atom. The van der Waals surface area contributed by atoms with Crippen LogP contribution < -0.4 is 0 Å². The Morgan fingerprint density at radius 2 is 2.00 bits per heavy atom. The normalized spacial score (nSPS) is 9.31. The van der Waals surface area contributed by atoms with Crippen molar-refractivity contribution in [1.29, 1.82) is 5.26 Å². The van der Waals surface area contributed by atoms with E-state index in [-0.39, 0.29) is 0 Å². The van der Waals surface area contributed by atoms with Crippen LogP contribution in [0, 0.1) is 11.5 Å². The van der Waals surface area contributed by atoms with E-state index in [1.807, 2.05) is 0 Å². The van der Waals surface area contributed by atoms with Crippen molar-refractivity contribution in [3.8, 4) is 6.19 Å². The summed E-state index contributed by atoms with van der Waals surface area (Å²) in [7, 11) is 1.78. The summed E-state index contributed by atoms with van der Waals surface area (Å²) in [5, 5.41) is 8.57. The molecule has 13 heavy (non-hydrogen) atoms. The number of hydrogen-bond donors (Lipinski definition) is 0. The molecule has 0 heterocycles. The molecule has 0 fully saturated rings. The first-order valence-corrected chi connectivity index (χ1v) is 5.22. The van der Waals surface area contributed by atoms with Gasteiger partial charge in [0, 0.05) is 11.9 Å². The number of nitriles is 1. The van der Waals surface area contributed by atoms with Crippen molar-refractivity contribution in [1.82, 2.24) is 4.90 Å². The zero-order chi connectivity index (χ0) is 9.68. The molecule has 0 aliphatic rings. The summed E-state index contributed by atoms with van der Waals surface area (Å²) < 4.78 is 0. The van der Waals surface area contributed by atoms with Crippen LogP contribution in [0.25, 0.3) is 0 Å². The van der Waals surface area contributed by atoms with Gasteiger partial charge in [-0.2, -0.15) is 5.26 Å². The lowest BCUT2D eigenvalue weighted by molar-refractivity contribution is 0.469. The summed E-state index contributed by atoms with van der Waals surface area (Å²) in [4.78, 5) is 2.86. The summed E-state index contributed by atoms with van der Waals surface area (Å²) in [6.45, 7) is 0.686. The lowest BCUT2D eigenvalue weighted by atomic mass is 10.2. The molecule has 0 aromatic heterocycles. The van der Waals surface area contributed by atoms with Gasteiger partial charge in [0.2, 0.25) is 0 Å². The van der Waals surface area contributed by atoms with Crippen LogP contribution in [0.15, 0.2) is 29.2 Å². The molecule has 0 unspecified atom stereocenters. The molecule has 0 radical (unpaired) electrons. The molecule has 0 N–H and O–H groups in total. The van der Waals surface area contributed by atoms with E-state index >= 15 is 0 Å². The van der Waals surface area contributed by atoms with Crippen LogP contribution >= 0.6 is 11.8 Å². The van der Waals surface area contributed by atoms with Gasteiger partial charge in [-0.1, -0.05) is 12.1 Å². The Bertz CT molecular complexity index is 300. The molecule has 0 spiro atoms. The maximum atomic E-state index is 8.57. The van der Waals surface area contributed by atoms with E-state index in [4.69, 9.17) is 5.26 Å². The van der Waals surface area contributed by atoms with Crippen molar-refractivity contribution in [2.45, 2.75) is 11.4 Å². The van der Waals surface area contributed by atoms with Gasteiger partial charge in [-0.15, -0.1) is 11.8 Å². The van der Waals surface area contributed by atoms with Gasteiger partial charge in [0.05, 0.1) is 6.54 Å². The molecule has 68 valence electrons. The van der Waals surface area contributed by atoms with Gasteiger partial charge in [0.15, 0.2) is 6.19 Å². The molecule has 1 aromatic carbocycles. The number of rotatable bonds is 3. The third kappa shape index (κ3) is 3.00. The third-order valence-corrected chi connectivity index (χ3v) is 2.49. The predicted octanol–water partition coefficient (Wildman–Crippen LogP) is 2.32. The molecule has 3 heteroatoms. The Hall–Kier alpha value is -1.14. The van der Waals surface area contributed by atoms with Gasteiger partial charge in [-0.3, -0.25) is 0 Å². The fraction of sp³-hybridized carbons (Fsp3) is 0.300. The molecule has 1 aromatic rings. The van der Waals surface area contributed by atoms with Gasteiger partial charge in [-0.25, -0.2) is 0 Å². The fourth-order valence-electron chi connectivity index (χ4n) is 1.04. The predicted molar refractivity (Wildman–Crippen MR) is 55.3 cm³/mol. The molecule has 0 bridgehead atoms. The Balaban J connectivity index is 2.65. The maximum absolute atomic E-state index is 8.57. The van der Waals surface area contributed by atoms with Crippen LogP contribution in [0.3, 0.4) is 0 Å². The highest BCUT2D eigenvalue weighted by Gasteiger charge is 1.96. The summed E-state index contributed by atoms with van der Waals surface area (Å²) in [6, 6.07) is 8.26. The van der Waals surface area contributed by atoms with Crippen molar-refractivity contribution in [2.75, 3.05) is 13.3 Å². The first-order chi connectivity index (χ1) is 6.26. The van der Waals surface area contributed by atoms with Crippen LogP contribution in [0.5, 0.6) is 0 Å². The molecule has 2 nitrogen and oxygen atoms in total. The van der Waals surface area contributed by atoms with E-state index in [0.717, 1.165) is 0 Å². The molecule has 0 amide bonds. The third-order valence-electron chi connectivity index (χ3n) is 1.75. The van der Waals surface area contributed by atoms with Crippen molar-refractivity contribution < 1.29 is 0 Å². The number of nitrogens with zero attached hydrogens (tertiary/aromatic N) is 2. The molecule has 0 saturated carbocycles. The quantitative estimate of drug-likeness (QED) is 0.418. The number of hydrogen-bond acceptors (Lipinski definition) is 3. The molecule has 0 saturated heterocycles. The summed E-state index contributed by atoms with van der Waals surface area (Å²) in [6.07, 6.45) is 4.12. The van der Waals surface area contributed by atoms with Crippen LogP contribution in [0.2, 0.25) is 0 Å². The van der Waals surface area contributed by atoms with Crippen LogP contribution in [-0.4, -0.2) is 18.2 Å². The zero-order valence-electron chi connectivity index (χ0n) is 7.82. The summed E-state index contributed by atoms with van der Waals surface area (Å²) >= 11 is 1.72. The molecular weight excluding hydrogens is 180 g/mol. The van der Waals surface area contributed by atoms with Crippen molar-refractivity contribution in [3.05, 3.63) is 29.8 Å². The first kappa shape index (κ1) is 9.94. The Kier molecular flexibility index (Phi) is 3.66. The summed E-state index contributed by atoms with van der Waals surface area (Å²) in [5.41, 5.74) is 1.17. The zero-order valence-corrected chi connectivity index (χ0v) is 8.64. The smallest absolute Gasteiger partial charge is 0.179 e. The van der Waals surface area contributed by atoms with Crippen molar-refractivity contribution >= 4 is 11.8 Å². The van der Waals surface area contributed by atoms with Gasteiger partial charge in [0.1, 0.15) is 0 Å². The van der Waals surface area contributed by atoms with Gasteiger partial charge in [0.25, 0.3) is 0 Å². The molecule has 0 atom stereocenters. The second-order valence-electron chi connectivity index (χ2n) is 2.80. The average molecular weight is 192 g/mol. The van der Waals surface area contributed by atoms with Gasteiger partial charge >= 0.3 is 0 Å². The average Bonchev–Trinajstić information content (AvgIpc) is 2.19. The van der Waals surface area contributed by atoms with Gasteiger partial charge in [-0.05, 0) is 24.0 Å². The topological polar surface area (TPSA) is 27.0 Å². The first-order valence-electron chi connectivity index (χ1n) is 4.00. The van der Waals surface area contributed by atoms with E-state index in [2.05, 4.69) is 36.7 Å². The molecule has 0 aliphatic carbocycles. The van der Waals surface area contributed by atoms with E-state index < -0.39 is 0 Å². The lowest BCUT2D eigenvalue weighted by Gasteiger charge is -2.08. The number of benzene rings is 1. The monoisotopic (exact) mass is 192 g/mol. The van der Waals surface area contributed by atoms with Gasteiger partial charge < -0.3 is 4.90 Å². The van der Waals surface area contributed by atoms with Crippen molar-refractivity contribution in [3.63, 3.8) is 0 Å². The van der Waals surface area contributed by atoms with E-state index in [9.17, 15) is 0 Å². The minimum absolute atomic E-state index is 0.686. The summed E-state index contributed by atoms with van der Waals surface area (Å²) in [5.74, 6) is 0. The van der Waals surface area contributed by atoms with E-state index in [1.54, 1.807) is 23.7 Å².